The molecule has 0 radical (unpaired) electrons. The van der Waals surface area contributed by atoms with Crippen LogP contribution < -0.4 is 5.32 Å². The number of carbonyl (C=O) groups excluding carboxylic acids is 1. The molecule has 1 N–H and O–H groups in total. The summed E-state index contributed by atoms with van der Waals surface area (Å²) in [6, 6.07) is 7.36. The van der Waals surface area contributed by atoms with Crippen LogP contribution in [-0.2, 0) is 18.3 Å². The van der Waals surface area contributed by atoms with Crippen molar-refractivity contribution in [1.82, 2.24) is 35.0 Å². The highest BCUT2D eigenvalue weighted by molar-refractivity contribution is 5.91. The highest BCUT2D eigenvalue weighted by Gasteiger charge is 2.16. The summed E-state index contributed by atoms with van der Waals surface area (Å²) in [6.07, 6.45) is 2.53. The maximum Gasteiger partial charge on any atom is 0.224 e. The summed E-state index contributed by atoms with van der Waals surface area (Å²) in [6.45, 7) is 6.05. The van der Waals surface area contributed by atoms with Gasteiger partial charge in [-0.2, -0.15) is 5.10 Å². The van der Waals surface area contributed by atoms with E-state index in [1.807, 2.05) is 45.2 Å². The van der Waals surface area contributed by atoms with Crippen LogP contribution in [0, 0.1) is 20.8 Å². The van der Waals surface area contributed by atoms with Crippen LogP contribution in [0.1, 0.15) is 28.9 Å². The fourth-order valence-electron chi connectivity index (χ4n) is 3.67. The summed E-state index contributed by atoms with van der Waals surface area (Å²) < 4.78 is 3.36. The number of benzene rings is 1. The molecular weight excluding hydrogens is 368 g/mol. The number of aromatic nitrogens is 7. The summed E-state index contributed by atoms with van der Waals surface area (Å²) >= 11 is 0. The molecule has 29 heavy (non-hydrogen) atoms. The average Bonchev–Trinajstić information content (AvgIpc) is 3.31. The van der Waals surface area contributed by atoms with Crippen LogP contribution in [0.15, 0.2) is 30.6 Å². The Bertz CT molecular complexity index is 1180. The lowest BCUT2D eigenvalue weighted by atomic mass is 9.99. The molecule has 0 aliphatic heterocycles. The van der Waals surface area contributed by atoms with E-state index in [1.165, 1.54) is 6.33 Å². The Labute approximate surface area is 167 Å². The topological polar surface area (TPSA) is 103 Å². The van der Waals surface area contributed by atoms with E-state index in [1.54, 1.807) is 9.36 Å². The van der Waals surface area contributed by atoms with Crippen LogP contribution in [0.5, 0.6) is 0 Å². The molecule has 3 aromatic heterocycles. The molecule has 0 unspecified atom stereocenters. The summed E-state index contributed by atoms with van der Waals surface area (Å²) in [7, 11) is 1.90. The second-order valence-electron chi connectivity index (χ2n) is 7.06. The zero-order valence-electron chi connectivity index (χ0n) is 16.8. The highest BCUT2D eigenvalue weighted by atomic mass is 16.1. The number of hydrogen-bond donors (Lipinski definition) is 1. The minimum absolute atomic E-state index is 0.0398. The fraction of sp³-hybridized carbons (Fsp3) is 0.300. The second kappa shape index (κ2) is 7.42. The molecular formula is C20H22N8O. The normalized spacial score (nSPS) is 11.2. The lowest BCUT2D eigenvalue weighted by molar-refractivity contribution is -0.116. The molecule has 0 fully saturated rings. The zero-order chi connectivity index (χ0) is 20.5. The standard InChI is InChI=1S/C20H22N8O/c1-12-17(13(2)22-20-19(12)14(3)24-27(20)4)9-10-18(29)23-15-5-7-16(8-6-15)28-11-21-25-26-28/h5-8,11H,9-10H2,1-4H3,(H,23,29). The van der Waals surface area contributed by atoms with Gasteiger partial charge in [-0.1, -0.05) is 0 Å². The minimum Gasteiger partial charge on any atom is -0.326 e. The van der Waals surface area contributed by atoms with Gasteiger partial charge in [0.15, 0.2) is 5.65 Å². The Morgan fingerprint density at radius 2 is 1.86 bits per heavy atom. The average molecular weight is 390 g/mol. The molecule has 4 aromatic rings. The quantitative estimate of drug-likeness (QED) is 0.561. The molecule has 0 bridgehead atoms. The number of amides is 1. The molecule has 0 atom stereocenters. The predicted molar refractivity (Wildman–Crippen MR) is 109 cm³/mol. The van der Waals surface area contributed by atoms with Gasteiger partial charge in [0.2, 0.25) is 5.91 Å². The van der Waals surface area contributed by atoms with Crippen molar-refractivity contribution in [3.8, 4) is 5.69 Å². The van der Waals surface area contributed by atoms with E-state index < -0.39 is 0 Å². The van der Waals surface area contributed by atoms with Crippen molar-refractivity contribution in [2.75, 3.05) is 5.32 Å². The first-order valence-corrected chi connectivity index (χ1v) is 9.36. The van der Waals surface area contributed by atoms with Crippen molar-refractivity contribution >= 4 is 22.6 Å². The van der Waals surface area contributed by atoms with Crippen molar-refractivity contribution in [2.45, 2.75) is 33.6 Å². The Kier molecular flexibility index (Phi) is 4.79. The van der Waals surface area contributed by atoms with Crippen molar-refractivity contribution < 1.29 is 4.79 Å². The highest BCUT2D eigenvalue weighted by Crippen LogP contribution is 2.26. The zero-order valence-corrected chi connectivity index (χ0v) is 16.8. The Morgan fingerprint density at radius 3 is 2.55 bits per heavy atom. The number of nitrogens with one attached hydrogen (secondary N) is 1. The Morgan fingerprint density at radius 1 is 1.10 bits per heavy atom. The van der Waals surface area contributed by atoms with Crippen molar-refractivity contribution in [3.63, 3.8) is 0 Å². The third-order valence-electron chi connectivity index (χ3n) is 5.10. The number of pyridine rings is 1. The molecule has 9 heteroatoms. The molecule has 0 saturated carbocycles. The van der Waals surface area contributed by atoms with Crippen molar-refractivity contribution in [3.05, 3.63) is 53.1 Å². The first-order valence-electron chi connectivity index (χ1n) is 9.36. The predicted octanol–water partition coefficient (Wildman–Crippen LogP) is 2.44. The molecule has 0 aliphatic carbocycles. The van der Waals surface area contributed by atoms with E-state index in [0.29, 0.717) is 12.8 Å². The molecule has 4 rings (SSSR count). The summed E-state index contributed by atoms with van der Waals surface area (Å²) in [5, 5.41) is 19.6. The second-order valence-corrected chi connectivity index (χ2v) is 7.06. The van der Waals surface area contributed by atoms with Crippen molar-refractivity contribution in [2.24, 2.45) is 7.05 Å². The van der Waals surface area contributed by atoms with Gasteiger partial charge in [0, 0.05) is 30.2 Å². The van der Waals surface area contributed by atoms with E-state index in [9.17, 15) is 4.79 Å². The van der Waals surface area contributed by atoms with Crippen LogP contribution in [0.25, 0.3) is 16.7 Å². The number of fused-ring (bicyclic) bond motifs is 1. The van der Waals surface area contributed by atoms with Gasteiger partial charge in [0.1, 0.15) is 6.33 Å². The van der Waals surface area contributed by atoms with Gasteiger partial charge in [0.25, 0.3) is 0 Å². The van der Waals surface area contributed by atoms with Crippen LogP contribution in [0.4, 0.5) is 5.69 Å². The maximum atomic E-state index is 12.5. The molecule has 0 spiro atoms. The van der Waals surface area contributed by atoms with Gasteiger partial charge in [-0.25, -0.2) is 9.67 Å². The van der Waals surface area contributed by atoms with Crippen LogP contribution >= 0.6 is 0 Å². The van der Waals surface area contributed by atoms with E-state index in [0.717, 1.165) is 44.9 Å². The number of rotatable bonds is 5. The Hall–Kier alpha value is -3.62. The number of aryl methyl sites for hydroxylation is 4. The molecule has 0 saturated heterocycles. The largest absolute Gasteiger partial charge is 0.326 e. The van der Waals surface area contributed by atoms with E-state index in [-0.39, 0.29) is 5.91 Å². The van der Waals surface area contributed by atoms with Gasteiger partial charge in [-0.05, 0) is 73.0 Å². The van der Waals surface area contributed by atoms with Crippen molar-refractivity contribution in [1.29, 1.82) is 0 Å². The summed E-state index contributed by atoms with van der Waals surface area (Å²) in [5.41, 5.74) is 6.60. The number of anilines is 1. The smallest absolute Gasteiger partial charge is 0.224 e. The number of tetrazole rings is 1. The lowest BCUT2D eigenvalue weighted by Crippen LogP contribution is -2.13. The van der Waals surface area contributed by atoms with Gasteiger partial charge in [0.05, 0.1) is 11.4 Å². The van der Waals surface area contributed by atoms with E-state index >= 15 is 0 Å². The summed E-state index contributed by atoms with van der Waals surface area (Å²) in [5.74, 6) is -0.0398. The number of carbonyl (C=O) groups is 1. The van der Waals surface area contributed by atoms with Gasteiger partial charge >= 0.3 is 0 Å². The van der Waals surface area contributed by atoms with E-state index in [2.05, 4.69) is 32.9 Å². The lowest BCUT2D eigenvalue weighted by Gasteiger charge is -2.11. The molecule has 0 aliphatic rings. The minimum atomic E-state index is -0.0398. The van der Waals surface area contributed by atoms with Gasteiger partial charge in [-0.15, -0.1) is 5.10 Å². The van der Waals surface area contributed by atoms with Crippen LogP contribution in [0.3, 0.4) is 0 Å². The SMILES string of the molecule is Cc1nc2c(c(C)nn2C)c(C)c1CCC(=O)Nc1ccc(-n2cnnn2)cc1. The van der Waals surface area contributed by atoms with Gasteiger partial charge in [-0.3, -0.25) is 9.48 Å². The Balaban J connectivity index is 1.45. The fourth-order valence-corrected chi connectivity index (χ4v) is 3.67. The molecule has 1 aromatic carbocycles. The van der Waals surface area contributed by atoms with Crippen LogP contribution in [-0.4, -0.2) is 40.9 Å². The number of nitrogens with zero attached hydrogens (tertiary/aromatic N) is 7. The third-order valence-corrected chi connectivity index (χ3v) is 5.10. The van der Waals surface area contributed by atoms with E-state index in [4.69, 9.17) is 4.98 Å². The molecule has 3 heterocycles. The first kappa shape index (κ1) is 18.7. The van der Waals surface area contributed by atoms with Crippen LogP contribution in [0.2, 0.25) is 0 Å². The molecule has 9 nitrogen and oxygen atoms in total. The van der Waals surface area contributed by atoms with Gasteiger partial charge < -0.3 is 5.32 Å². The first-order chi connectivity index (χ1) is 13.9. The summed E-state index contributed by atoms with van der Waals surface area (Å²) in [4.78, 5) is 17.2. The molecule has 148 valence electrons. The maximum absolute atomic E-state index is 12.5. The monoisotopic (exact) mass is 390 g/mol. The number of hydrogen-bond acceptors (Lipinski definition) is 6. The molecule has 1 amide bonds. The third kappa shape index (κ3) is 3.58.